The maximum atomic E-state index is 5.54. The van der Waals surface area contributed by atoms with Gasteiger partial charge in [0.2, 0.25) is 0 Å². The molecule has 1 aromatic rings. The first-order chi connectivity index (χ1) is 11.2. The number of nitrogens with zero attached hydrogens (tertiary/aromatic N) is 1. The molecule has 23 heavy (non-hydrogen) atoms. The molecule has 0 bridgehead atoms. The highest BCUT2D eigenvalue weighted by atomic mass is 16.5. The van der Waals surface area contributed by atoms with Crippen molar-refractivity contribution in [2.75, 3.05) is 44.7 Å². The molecule has 4 nitrogen and oxygen atoms in total. The van der Waals surface area contributed by atoms with Crippen molar-refractivity contribution in [2.45, 2.75) is 38.1 Å². The van der Waals surface area contributed by atoms with Crippen LogP contribution < -0.4 is 20.3 Å². The van der Waals surface area contributed by atoms with Crippen LogP contribution in [0.3, 0.4) is 0 Å². The molecule has 0 aromatic heterocycles. The summed E-state index contributed by atoms with van der Waals surface area (Å²) in [5.41, 5.74) is 6.02. The number of quaternary nitrogens is 2. The molecular formula is C19H33N3O+2. The van der Waals surface area contributed by atoms with Crippen LogP contribution in [0.2, 0.25) is 0 Å². The van der Waals surface area contributed by atoms with Gasteiger partial charge in [0.05, 0.1) is 39.0 Å². The van der Waals surface area contributed by atoms with Gasteiger partial charge in [0.1, 0.15) is 17.8 Å². The zero-order valence-electron chi connectivity index (χ0n) is 14.8. The number of ether oxygens (including phenoxy) is 1. The van der Waals surface area contributed by atoms with Crippen molar-refractivity contribution in [3.8, 4) is 5.75 Å². The van der Waals surface area contributed by atoms with Gasteiger partial charge in [-0.2, -0.15) is 0 Å². The molecule has 2 aliphatic rings. The topological polar surface area (TPSA) is 44.5 Å². The van der Waals surface area contributed by atoms with E-state index in [0.29, 0.717) is 5.54 Å². The predicted octanol–water partition coefficient (Wildman–Crippen LogP) is 0.591. The maximum Gasteiger partial charge on any atom is 0.147 e. The lowest BCUT2D eigenvalue weighted by Gasteiger charge is -2.46. The third kappa shape index (κ3) is 3.33. The number of hydrogen-bond donors (Lipinski definition) is 2. The minimum absolute atomic E-state index is 0.444. The van der Waals surface area contributed by atoms with Crippen LogP contribution >= 0.6 is 0 Å². The molecule has 128 valence electrons. The van der Waals surface area contributed by atoms with E-state index in [9.17, 15) is 0 Å². The van der Waals surface area contributed by atoms with Gasteiger partial charge in [-0.1, -0.05) is 19.1 Å². The fourth-order valence-corrected chi connectivity index (χ4v) is 4.53. The molecule has 0 atom stereocenters. The average molecular weight is 319 g/mol. The van der Waals surface area contributed by atoms with Crippen LogP contribution in [0.25, 0.3) is 0 Å². The van der Waals surface area contributed by atoms with Crippen molar-refractivity contribution in [2.24, 2.45) is 5.92 Å². The zero-order chi connectivity index (χ0) is 16.3. The van der Waals surface area contributed by atoms with Crippen LogP contribution in [0.1, 0.15) is 32.6 Å². The number of para-hydroxylation sites is 2. The van der Waals surface area contributed by atoms with Crippen molar-refractivity contribution in [3.63, 3.8) is 0 Å². The zero-order valence-corrected chi connectivity index (χ0v) is 14.8. The first-order valence-corrected chi connectivity index (χ1v) is 9.21. The summed E-state index contributed by atoms with van der Waals surface area (Å²) in [7, 11) is 1.77. The smallest absolute Gasteiger partial charge is 0.147 e. The predicted molar refractivity (Wildman–Crippen MR) is 94.0 cm³/mol. The average Bonchev–Trinajstić information content (AvgIpc) is 2.63. The van der Waals surface area contributed by atoms with Crippen molar-refractivity contribution >= 4 is 5.69 Å². The highest BCUT2D eigenvalue weighted by Crippen LogP contribution is 2.30. The second-order valence-corrected chi connectivity index (χ2v) is 7.48. The number of piperazine rings is 1. The number of benzene rings is 1. The Morgan fingerprint density at radius 1 is 1.22 bits per heavy atom. The molecule has 1 aliphatic heterocycles. The van der Waals surface area contributed by atoms with Gasteiger partial charge in [0.15, 0.2) is 0 Å². The van der Waals surface area contributed by atoms with Crippen molar-refractivity contribution in [1.29, 1.82) is 0 Å². The van der Waals surface area contributed by atoms with E-state index in [4.69, 9.17) is 4.74 Å². The summed E-state index contributed by atoms with van der Waals surface area (Å²) >= 11 is 0. The monoisotopic (exact) mass is 319 g/mol. The Hall–Kier alpha value is -1.26. The summed E-state index contributed by atoms with van der Waals surface area (Å²) in [5, 5.41) is 0. The molecule has 1 saturated carbocycles. The molecule has 1 aliphatic carbocycles. The Labute approximate surface area is 140 Å². The van der Waals surface area contributed by atoms with Crippen molar-refractivity contribution in [3.05, 3.63) is 24.3 Å². The molecule has 4 N–H and O–H groups in total. The summed E-state index contributed by atoms with van der Waals surface area (Å²) in [6, 6.07) is 8.40. The summed E-state index contributed by atoms with van der Waals surface area (Å²) < 4.78 is 5.54. The normalized spacial score (nSPS) is 29.5. The van der Waals surface area contributed by atoms with E-state index in [1.807, 2.05) is 6.07 Å². The lowest BCUT2D eigenvalue weighted by Crippen LogP contribution is -3.24. The van der Waals surface area contributed by atoms with Gasteiger partial charge in [-0.15, -0.1) is 0 Å². The third-order valence-corrected chi connectivity index (χ3v) is 6.25. The molecule has 1 heterocycles. The van der Waals surface area contributed by atoms with E-state index in [1.54, 1.807) is 12.0 Å². The quantitative estimate of drug-likeness (QED) is 0.853. The number of rotatable bonds is 4. The van der Waals surface area contributed by atoms with E-state index in [-0.39, 0.29) is 0 Å². The van der Waals surface area contributed by atoms with Crippen LogP contribution in [0.5, 0.6) is 5.75 Å². The number of anilines is 1. The molecule has 0 spiro atoms. The Kier molecular flexibility index (Phi) is 5.12. The molecule has 2 fully saturated rings. The number of nitrogens with one attached hydrogen (secondary N) is 1. The lowest BCUT2D eigenvalue weighted by atomic mass is 9.75. The molecule has 0 radical (unpaired) electrons. The van der Waals surface area contributed by atoms with Crippen LogP contribution in [0.15, 0.2) is 24.3 Å². The van der Waals surface area contributed by atoms with Crippen molar-refractivity contribution in [1.82, 2.24) is 0 Å². The van der Waals surface area contributed by atoms with E-state index in [2.05, 4.69) is 35.8 Å². The minimum Gasteiger partial charge on any atom is -0.495 e. The van der Waals surface area contributed by atoms with Crippen LogP contribution in [-0.4, -0.2) is 45.4 Å². The van der Waals surface area contributed by atoms with Gasteiger partial charge >= 0.3 is 0 Å². The SMILES string of the molecule is COc1ccccc1N1CC[NH+](C2(C[NH3+])CCC(C)CC2)CC1. The second kappa shape index (κ2) is 7.10. The first kappa shape index (κ1) is 16.6. The summed E-state index contributed by atoms with van der Waals surface area (Å²) in [5.74, 6) is 1.90. The van der Waals surface area contributed by atoms with Crippen LogP contribution in [0, 0.1) is 5.92 Å². The van der Waals surface area contributed by atoms with Crippen LogP contribution in [-0.2, 0) is 0 Å². The largest absolute Gasteiger partial charge is 0.495 e. The lowest BCUT2D eigenvalue weighted by molar-refractivity contribution is -0.961. The number of hydrogen-bond acceptors (Lipinski definition) is 2. The van der Waals surface area contributed by atoms with Gasteiger partial charge in [-0.25, -0.2) is 0 Å². The summed E-state index contributed by atoms with van der Waals surface area (Å²) in [4.78, 5) is 4.29. The minimum atomic E-state index is 0.444. The standard InChI is InChI=1S/C19H31N3O/c1-16-7-9-19(15-20,10-8-16)22-13-11-21(12-14-22)17-5-3-4-6-18(17)23-2/h3-6,16H,7-15,20H2,1-2H3/p+2. The fraction of sp³-hybridized carbons (Fsp3) is 0.684. The molecule has 3 rings (SSSR count). The Bertz CT molecular complexity index is 503. The maximum absolute atomic E-state index is 5.54. The molecular weight excluding hydrogens is 286 g/mol. The molecule has 0 unspecified atom stereocenters. The first-order valence-electron chi connectivity index (χ1n) is 9.21. The Morgan fingerprint density at radius 3 is 2.48 bits per heavy atom. The highest BCUT2D eigenvalue weighted by Gasteiger charge is 2.45. The van der Waals surface area contributed by atoms with Gasteiger partial charge in [-0.05, 0) is 30.9 Å². The highest BCUT2D eigenvalue weighted by molar-refractivity contribution is 5.58. The van der Waals surface area contributed by atoms with E-state index >= 15 is 0 Å². The van der Waals surface area contributed by atoms with E-state index in [0.717, 1.165) is 31.3 Å². The summed E-state index contributed by atoms with van der Waals surface area (Å²) in [6.07, 6.45) is 5.49. The van der Waals surface area contributed by atoms with Gasteiger partial charge in [0.25, 0.3) is 0 Å². The van der Waals surface area contributed by atoms with Gasteiger partial charge in [0, 0.05) is 12.8 Å². The molecule has 4 heteroatoms. The molecule has 1 saturated heterocycles. The van der Waals surface area contributed by atoms with Crippen molar-refractivity contribution < 1.29 is 15.4 Å². The summed E-state index contributed by atoms with van der Waals surface area (Å²) in [6.45, 7) is 8.18. The van der Waals surface area contributed by atoms with E-state index in [1.165, 1.54) is 44.5 Å². The Balaban J connectivity index is 1.66. The fourth-order valence-electron chi connectivity index (χ4n) is 4.53. The third-order valence-electron chi connectivity index (χ3n) is 6.25. The van der Waals surface area contributed by atoms with E-state index < -0.39 is 0 Å². The molecule has 0 amide bonds. The van der Waals surface area contributed by atoms with Gasteiger partial charge in [-0.3, -0.25) is 0 Å². The second-order valence-electron chi connectivity index (χ2n) is 7.48. The molecule has 1 aromatic carbocycles. The number of methoxy groups -OCH3 is 1. The Morgan fingerprint density at radius 2 is 1.87 bits per heavy atom. The van der Waals surface area contributed by atoms with Crippen LogP contribution in [0.4, 0.5) is 5.69 Å². The van der Waals surface area contributed by atoms with Gasteiger partial charge < -0.3 is 20.3 Å².